The molecule has 2 aromatic rings. The first-order valence-corrected chi connectivity index (χ1v) is 6.62. The molecule has 1 unspecified atom stereocenters. The Morgan fingerprint density at radius 3 is 2.89 bits per heavy atom. The number of likely N-dealkylation sites (N-methyl/N-ethyl adjacent to an activating group) is 1. The van der Waals surface area contributed by atoms with Gasteiger partial charge in [0.1, 0.15) is 0 Å². The van der Waals surface area contributed by atoms with E-state index in [-0.39, 0.29) is 11.9 Å². The van der Waals surface area contributed by atoms with Crippen molar-refractivity contribution in [2.24, 2.45) is 5.73 Å². The van der Waals surface area contributed by atoms with Crippen LogP contribution in [0.25, 0.3) is 10.9 Å². The van der Waals surface area contributed by atoms with E-state index in [1.165, 1.54) is 10.9 Å². The molecule has 3 N–H and O–H groups in total. The Kier molecular flexibility index (Phi) is 4.22. The number of hydrogen-bond acceptors (Lipinski definition) is 2. The normalized spacial score (nSPS) is 12.6. The number of para-hydroxylation sites is 1. The number of nitrogens with one attached hydrogen (secondary N) is 1. The average molecular weight is 259 g/mol. The van der Waals surface area contributed by atoms with Gasteiger partial charge in [-0.15, -0.1) is 0 Å². The standard InChI is InChI=1S/C15H21N3O/c1-11(16)9-15(19)18(2)8-7-12-10-17-14-6-4-3-5-13(12)14/h3-6,10-11,17H,7-9,16H2,1-2H3. The highest BCUT2D eigenvalue weighted by atomic mass is 16.2. The maximum atomic E-state index is 11.8. The molecule has 1 heterocycles. The van der Waals surface area contributed by atoms with Crippen LogP contribution < -0.4 is 5.73 Å². The lowest BCUT2D eigenvalue weighted by atomic mass is 10.1. The van der Waals surface area contributed by atoms with Crippen LogP contribution in [0, 0.1) is 0 Å². The van der Waals surface area contributed by atoms with Crippen molar-refractivity contribution in [1.82, 2.24) is 9.88 Å². The molecule has 0 aliphatic carbocycles. The van der Waals surface area contributed by atoms with E-state index in [2.05, 4.69) is 17.1 Å². The molecule has 4 nitrogen and oxygen atoms in total. The number of benzene rings is 1. The Hall–Kier alpha value is -1.81. The number of rotatable bonds is 5. The fourth-order valence-corrected chi connectivity index (χ4v) is 2.18. The summed E-state index contributed by atoms with van der Waals surface area (Å²) in [6, 6.07) is 8.13. The van der Waals surface area contributed by atoms with Gasteiger partial charge in [-0.2, -0.15) is 0 Å². The summed E-state index contributed by atoms with van der Waals surface area (Å²) in [6.45, 7) is 2.57. The van der Waals surface area contributed by atoms with Crippen LogP contribution in [0.3, 0.4) is 0 Å². The summed E-state index contributed by atoms with van der Waals surface area (Å²) < 4.78 is 0. The first kappa shape index (κ1) is 13.6. The number of carbonyl (C=O) groups is 1. The zero-order valence-electron chi connectivity index (χ0n) is 11.5. The van der Waals surface area contributed by atoms with Crippen molar-refractivity contribution in [3.8, 4) is 0 Å². The van der Waals surface area contributed by atoms with Gasteiger partial charge in [0, 0.05) is 43.2 Å². The third-order valence-corrected chi connectivity index (χ3v) is 3.31. The minimum atomic E-state index is -0.0805. The Morgan fingerprint density at radius 1 is 1.42 bits per heavy atom. The van der Waals surface area contributed by atoms with E-state index in [4.69, 9.17) is 5.73 Å². The number of aromatic nitrogens is 1. The Labute approximate surface area is 113 Å². The van der Waals surface area contributed by atoms with Crippen LogP contribution in [0.1, 0.15) is 18.9 Å². The van der Waals surface area contributed by atoms with Gasteiger partial charge in [0.2, 0.25) is 5.91 Å². The van der Waals surface area contributed by atoms with E-state index in [1.54, 1.807) is 4.90 Å². The highest BCUT2D eigenvalue weighted by Crippen LogP contribution is 2.18. The summed E-state index contributed by atoms with van der Waals surface area (Å²) in [4.78, 5) is 16.8. The first-order chi connectivity index (χ1) is 9.08. The predicted molar refractivity (Wildman–Crippen MR) is 77.9 cm³/mol. The van der Waals surface area contributed by atoms with E-state index in [1.807, 2.05) is 32.3 Å². The summed E-state index contributed by atoms with van der Waals surface area (Å²) >= 11 is 0. The highest BCUT2D eigenvalue weighted by molar-refractivity contribution is 5.83. The average Bonchev–Trinajstić information content (AvgIpc) is 2.78. The minimum absolute atomic E-state index is 0.0805. The number of fused-ring (bicyclic) bond motifs is 1. The predicted octanol–water partition coefficient (Wildman–Crippen LogP) is 1.91. The van der Waals surface area contributed by atoms with Crippen LogP contribution in [0.2, 0.25) is 0 Å². The summed E-state index contributed by atoms with van der Waals surface area (Å²) in [5, 5.41) is 1.23. The molecule has 0 aliphatic heterocycles. The van der Waals surface area contributed by atoms with Crippen LogP contribution in [0.5, 0.6) is 0 Å². The van der Waals surface area contributed by atoms with E-state index < -0.39 is 0 Å². The molecule has 19 heavy (non-hydrogen) atoms. The molecule has 1 amide bonds. The SMILES string of the molecule is CC(N)CC(=O)N(C)CCc1c[nH]c2ccccc12. The van der Waals surface area contributed by atoms with Gasteiger partial charge in [-0.25, -0.2) is 0 Å². The molecule has 0 spiro atoms. The monoisotopic (exact) mass is 259 g/mol. The van der Waals surface area contributed by atoms with Crippen molar-refractivity contribution in [2.45, 2.75) is 25.8 Å². The van der Waals surface area contributed by atoms with Gasteiger partial charge in [0.15, 0.2) is 0 Å². The van der Waals surface area contributed by atoms with Gasteiger partial charge in [0.05, 0.1) is 0 Å². The number of amides is 1. The number of nitrogens with two attached hydrogens (primary N) is 1. The van der Waals surface area contributed by atoms with Gasteiger partial charge in [-0.05, 0) is 25.0 Å². The van der Waals surface area contributed by atoms with Crippen molar-refractivity contribution in [3.05, 3.63) is 36.0 Å². The molecule has 2 rings (SSSR count). The van der Waals surface area contributed by atoms with Crippen molar-refractivity contribution >= 4 is 16.8 Å². The molecule has 0 bridgehead atoms. The smallest absolute Gasteiger partial charge is 0.223 e. The minimum Gasteiger partial charge on any atom is -0.361 e. The first-order valence-electron chi connectivity index (χ1n) is 6.62. The molecular weight excluding hydrogens is 238 g/mol. The fraction of sp³-hybridized carbons (Fsp3) is 0.400. The van der Waals surface area contributed by atoms with E-state index in [0.29, 0.717) is 13.0 Å². The van der Waals surface area contributed by atoms with Gasteiger partial charge in [0.25, 0.3) is 0 Å². The zero-order chi connectivity index (χ0) is 13.8. The number of carbonyl (C=O) groups excluding carboxylic acids is 1. The fourth-order valence-electron chi connectivity index (χ4n) is 2.18. The van der Waals surface area contributed by atoms with Gasteiger partial charge in [-0.1, -0.05) is 18.2 Å². The quantitative estimate of drug-likeness (QED) is 0.861. The molecule has 0 saturated heterocycles. The van der Waals surface area contributed by atoms with Crippen molar-refractivity contribution < 1.29 is 4.79 Å². The highest BCUT2D eigenvalue weighted by Gasteiger charge is 2.11. The van der Waals surface area contributed by atoms with Crippen LogP contribution >= 0.6 is 0 Å². The largest absolute Gasteiger partial charge is 0.361 e. The van der Waals surface area contributed by atoms with Crippen LogP contribution in [0.15, 0.2) is 30.5 Å². The summed E-state index contributed by atoms with van der Waals surface area (Å²) in [5.74, 6) is 0.106. The maximum absolute atomic E-state index is 11.8. The Balaban J connectivity index is 1.97. The topological polar surface area (TPSA) is 62.1 Å². The molecule has 1 atom stereocenters. The molecule has 1 aromatic carbocycles. The summed E-state index contributed by atoms with van der Waals surface area (Å²) in [5.41, 5.74) is 8.03. The summed E-state index contributed by atoms with van der Waals surface area (Å²) in [6.07, 6.45) is 3.28. The maximum Gasteiger partial charge on any atom is 0.223 e. The van der Waals surface area contributed by atoms with E-state index in [9.17, 15) is 4.79 Å². The number of H-pyrrole nitrogens is 1. The third kappa shape index (κ3) is 3.35. The lowest BCUT2D eigenvalue weighted by Gasteiger charge is -2.18. The molecule has 1 aromatic heterocycles. The van der Waals surface area contributed by atoms with E-state index in [0.717, 1.165) is 11.9 Å². The third-order valence-electron chi connectivity index (χ3n) is 3.31. The molecule has 4 heteroatoms. The molecule has 0 saturated carbocycles. The zero-order valence-corrected chi connectivity index (χ0v) is 11.5. The van der Waals surface area contributed by atoms with Crippen LogP contribution in [0.4, 0.5) is 0 Å². The van der Waals surface area contributed by atoms with Crippen LogP contribution in [-0.4, -0.2) is 35.4 Å². The second-order valence-corrected chi connectivity index (χ2v) is 5.11. The lowest BCUT2D eigenvalue weighted by molar-refractivity contribution is -0.130. The van der Waals surface area contributed by atoms with Crippen molar-refractivity contribution in [2.75, 3.05) is 13.6 Å². The van der Waals surface area contributed by atoms with E-state index >= 15 is 0 Å². The van der Waals surface area contributed by atoms with Crippen LogP contribution in [-0.2, 0) is 11.2 Å². The Morgan fingerprint density at radius 2 is 2.16 bits per heavy atom. The van der Waals surface area contributed by atoms with Crippen molar-refractivity contribution in [1.29, 1.82) is 0 Å². The number of nitrogens with zero attached hydrogens (tertiary/aromatic N) is 1. The molecule has 0 radical (unpaired) electrons. The number of hydrogen-bond donors (Lipinski definition) is 2. The van der Waals surface area contributed by atoms with Gasteiger partial charge >= 0.3 is 0 Å². The number of aromatic amines is 1. The molecular formula is C15H21N3O. The Bertz CT molecular complexity index is 559. The second kappa shape index (κ2) is 5.89. The second-order valence-electron chi connectivity index (χ2n) is 5.11. The molecule has 102 valence electrons. The van der Waals surface area contributed by atoms with Gasteiger partial charge in [-0.3, -0.25) is 4.79 Å². The van der Waals surface area contributed by atoms with Crippen molar-refractivity contribution in [3.63, 3.8) is 0 Å². The lowest BCUT2D eigenvalue weighted by Crippen LogP contribution is -2.33. The molecule has 0 fully saturated rings. The van der Waals surface area contributed by atoms with Gasteiger partial charge < -0.3 is 15.6 Å². The summed E-state index contributed by atoms with van der Waals surface area (Å²) in [7, 11) is 1.83. The molecule has 0 aliphatic rings.